The molecule has 1 aliphatic heterocycles. The Morgan fingerprint density at radius 2 is 1.94 bits per heavy atom. The molecule has 1 amide bonds. The van der Waals surface area contributed by atoms with Crippen molar-refractivity contribution in [1.82, 2.24) is 9.80 Å². The molecule has 17 heavy (non-hydrogen) atoms. The molecule has 1 saturated heterocycles. The van der Waals surface area contributed by atoms with Crippen LogP contribution < -0.4 is 5.73 Å². The van der Waals surface area contributed by atoms with Crippen LogP contribution in [0.2, 0.25) is 0 Å². The molecule has 1 aliphatic carbocycles. The highest BCUT2D eigenvalue weighted by Crippen LogP contribution is 2.25. The van der Waals surface area contributed by atoms with Crippen molar-refractivity contribution in [2.24, 2.45) is 5.73 Å². The Morgan fingerprint density at radius 1 is 1.24 bits per heavy atom. The van der Waals surface area contributed by atoms with E-state index in [2.05, 4.69) is 16.8 Å². The van der Waals surface area contributed by atoms with Gasteiger partial charge >= 0.3 is 6.09 Å². The first-order valence-corrected chi connectivity index (χ1v) is 6.54. The molecule has 2 atom stereocenters. The number of amides is 1. The van der Waals surface area contributed by atoms with Crippen molar-refractivity contribution in [3.05, 3.63) is 0 Å². The fourth-order valence-corrected chi connectivity index (χ4v) is 2.91. The normalized spacial score (nSPS) is 32.3. The van der Waals surface area contributed by atoms with Gasteiger partial charge in [-0.1, -0.05) is 0 Å². The molecule has 2 aliphatic rings. The molecule has 0 spiro atoms. The number of carbonyl (C=O) groups is 1. The molecule has 2 fully saturated rings. The number of hydrogen-bond acceptors (Lipinski definition) is 4. The molecule has 98 valence electrons. The number of likely N-dealkylation sites (N-methyl/N-ethyl adjacent to an activating group) is 1. The lowest BCUT2D eigenvalue weighted by molar-refractivity contribution is 0.0276. The second kappa shape index (κ2) is 5.69. The first kappa shape index (κ1) is 12.6. The molecule has 5 heteroatoms. The van der Waals surface area contributed by atoms with Crippen molar-refractivity contribution in [3.63, 3.8) is 0 Å². The van der Waals surface area contributed by atoms with Crippen LogP contribution in [0.15, 0.2) is 0 Å². The van der Waals surface area contributed by atoms with Crippen molar-refractivity contribution in [3.8, 4) is 0 Å². The highest BCUT2D eigenvalue weighted by molar-refractivity contribution is 5.64. The number of piperazine rings is 1. The molecular weight excluding hydrogens is 218 g/mol. The van der Waals surface area contributed by atoms with Crippen LogP contribution in [0, 0.1) is 0 Å². The van der Waals surface area contributed by atoms with Crippen LogP contribution in [-0.4, -0.2) is 61.3 Å². The molecule has 1 heterocycles. The fraction of sp³-hybridized carbons (Fsp3) is 0.917. The van der Waals surface area contributed by atoms with Crippen LogP contribution in [0.4, 0.5) is 4.79 Å². The smallest absolute Gasteiger partial charge is 0.404 e. The Bertz CT molecular complexity index is 264. The third-order valence-corrected chi connectivity index (χ3v) is 3.94. The van der Waals surface area contributed by atoms with Gasteiger partial charge < -0.3 is 15.4 Å². The van der Waals surface area contributed by atoms with E-state index in [1.165, 1.54) is 6.42 Å². The van der Waals surface area contributed by atoms with Crippen molar-refractivity contribution in [2.45, 2.75) is 37.8 Å². The first-order chi connectivity index (χ1) is 8.15. The maximum atomic E-state index is 10.8. The first-order valence-electron chi connectivity index (χ1n) is 6.54. The third kappa shape index (κ3) is 3.57. The van der Waals surface area contributed by atoms with Gasteiger partial charge in [-0.25, -0.2) is 4.79 Å². The second-order valence-corrected chi connectivity index (χ2v) is 5.22. The van der Waals surface area contributed by atoms with E-state index in [0.717, 1.165) is 45.4 Å². The van der Waals surface area contributed by atoms with E-state index in [9.17, 15) is 4.79 Å². The lowest BCUT2D eigenvalue weighted by Crippen LogP contribution is -2.51. The van der Waals surface area contributed by atoms with Gasteiger partial charge in [0.25, 0.3) is 0 Å². The quantitative estimate of drug-likeness (QED) is 0.771. The second-order valence-electron chi connectivity index (χ2n) is 5.22. The number of hydrogen-bond donors (Lipinski definition) is 1. The summed E-state index contributed by atoms with van der Waals surface area (Å²) in [6.45, 7) is 4.53. The van der Waals surface area contributed by atoms with Crippen LogP contribution in [0.1, 0.15) is 25.7 Å². The third-order valence-electron chi connectivity index (χ3n) is 3.94. The predicted octanol–water partition coefficient (Wildman–Crippen LogP) is 0.640. The summed E-state index contributed by atoms with van der Waals surface area (Å²) in [6, 6.07) is 0.571. The van der Waals surface area contributed by atoms with Crippen LogP contribution in [0.3, 0.4) is 0 Å². The standard InChI is InChI=1S/C12H23N3O2/c1-14-5-7-15(8-6-14)10-3-2-4-11(9-10)17-12(13)16/h10-11H,2-9H2,1H3,(H2,13,16). The van der Waals surface area contributed by atoms with Gasteiger partial charge in [-0.05, 0) is 26.3 Å². The maximum Gasteiger partial charge on any atom is 0.404 e. The van der Waals surface area contributed by atoms with E-state index >= 15 is 0 Å². The molecule has 0 aromatic heterocycles. The van der Waals surface area contributed by atoms with Crippen LogP contribution in [-0.2, 0) is 4.74 Å². The topological polar surface area (TPSA) is 58.8 Å². The number of nitrogens with two attached hydrogens (primary N) is 1. The highest BCUT2D eigenvalue weighted by atomic mass is 16.6. The van der Waals surface area contributed by atoms with E-state index in [1.54, 1.807) is 0 Å². The Hall–Kier alpha value is -0.810. The zero-order valence-corrected chi connectivity index (χ0v) is 10.6. The molecule has 0 radical (unpaired) electrons. The van der Waals surface area contributed by atoms with E-state index in [0.29, 0.717) is 6.04 Å². The summed E-state index contributed by atoms with van der Waals surface area (Å²) >= 11 is 0. The van der Waals surface area contributed by atoms with Gasteiger partial charge in [0.05, 0.1) is 0 Å². The van der Waals surface area contributed by atoms with Gasteiger partial charge in [0, 0.05) is 38.6 Å². The van der Waals surface area contributed by atoms with Crippen molar-refractivity contribution in [2.75, 3.05) is 33.2 Å². The molecule has 0 aromatic carbocycles. The van der Waals surface area contributed by atoms with Crippen molar-refractivity contribution >= 4 is 6.09 Å². The number of ether oxygens (including phenoxy) is 1. The SMILES string of the molecule is CN1CCN(C2CCCC(OC(N)=O)C2)CC1. The number of primary amides is 1. The summed E-state index contributed by atoms with van der Waals surface area (Å²) in [5.74, 6) is 0. The minimum Gasteiger partial charge on any atom is -0.446 e. The van der Waals surface area contributed by atoms with Crippen molar-refractivity contribution in [1.29, 1.82) is 0 Å². The average molecular weight is 241 g/mol. The summed E-state index contributed by atoms with van der Waals surface area (Å²) < 4.78 is 5.14. The predicted molar refractivity (Wildman–Crippen MR) is 65.8 cm³/mol. The van der Waals surface area contributed by atoms with Gasteiger partial charge in [-0.3, -0.25) is 4.90 Å². The Kier molecular flexibility index (Phi) is 4.23. The van der Waals surface area contributed by atoms with Gasteiger partial charge in [0.2, 0.25) is 0 Å². The summed E-state index contributed by atoms with van der Waals surface area (Å²) in [5, 5.41) is 0. The van der Waals surface area contributed by atoms with Crippen LogP contribution in [0.25, 0.3) is 0 Å². The largest absolute Gasteiger partial charge is 0.446 e. The van der Waals surface area contributed by atoms with E-state index < -0.39 is 6.09 Å². The number of carbonyl (C=O) groups excluding carboxylic acids is 1. The lowest BCUT2D eigenvalue weighted by atomic mass is 9.91. The number of nitrogens with zero attached hydrogens (tertiary/aromatic N) is 2. The van der Waals surface area contributed by atoms with Gasteiger partial charge in [-0.2, -0.15) is 0 Å². The number of rotatable bonds is 2. The zero-order chi connectivity index (χ0) is 12.3. The molecular formula is C12H23N3O2. The maximum absolute atomic E-state index is 10.8. The monoisotopic (exact) mass is 241 g/mol. The van der Waals surface area contributed by atoms with E-state index in [4.69, 9.17) is 10.5 Å². The minimum atomic E-state index is -0.631. The summed E-state index contributed by atoms with van der Waals surface area (Å²) in [6.07, 6.45) is 3.68. The summed E-state index contributed by atoms with van der Waals surface area (Å²) in [5.41, 5.74) is 5.08. The zero-order valence-electron chi connectivity index (χ0n) is 10.6. The van der Waals surface area contributed by atoms with E-state index in [1.807, 2.05) is 0 Å². The molecule has 2 unspecified atom stereocenters. The summed E-state index contributed by atoms with van der Waals surface area (Å²) in [7, 11) is 2.16. The van der Waals surface area contributed by atoms with E-state index in [-0.39, 0.29) is 6.10 Å². The van der Waals surface area contributed by atoms with Gasteiger partial charge in [0.15, 0.2) is 0 Å². The minimum absolute atomic E-state index is 0.0332. The fourth-order valence-electron chi connectivity index (χ4n) is 2.91. The lowest BCUT2D eigenvalue weighted by Gasteiger charge is -2.41. The molecule has 2 rings (SSSR count). The molecule has 1 saturated carbocycles. The molecule has 0 aromatic rings. The highest BCUT2D eigenvalue weighted by Gasteiger charge is 2.29. The Morgan fingerprint density at radius 3 is 2.59 bits per heavy atom. The van der Waals surface area contributed by atoms with Gasteiger partial charge in [0.1, 0.15) is 6.10 Å². The molecule has 0 bridgehead atoms. The molecule has 5 nitrogen and oxygen atoms in total. The van der Waals surface area contributed by atoms with Crippen LogP contribution >= 0.6 is 0 Å². The van der Waals surface area contributed by atoms with Crippen LogP contribution in [0.5, 0.6) is 0 Å². The van der Waals surface area contributed by atoms with Crippen molar-refractivity contribution < 1.29 is 9.53 Å². The Balaban J connectivity index is 1.82. The summed E-state index contributed by atoms with van der Waals surface area (Å²) in [4.78, 5) is 15.7. The molecule has 2 N–H and O–H groups in total. The average Bonchev–Trinajstić information content (AvgIpc) is 2.29. The van der Waals surface area contributed by atoms with Gasteiger partial charge in [-0.15, -0.1) is 0 Å². The Labute approximate surface area is 103 Å².